The number of nitriles is 1. The number of halogens is 2. The van der Waals surface area contributed by atoms with Gasteiger partial charge in [-0.1, -0.05) is 55.7 Å². The zero-order valence-corrected chi connectivity index (χ0v) is 16.9. The van der Waals surface area contributed by atoms with Crippen LogP contribution >= 0.6 is 0 Å². The van der Waals surface area contributed by atoms with Crippen LogP contribution in [0.15, 0.2) is 54.9 Å². The number of benzene rings is 2. The molecule has 0 amide bonds. The molecule has 0 N–H and O–H groups in total. The summed E-state index contributed by atoms with van der Waals surface area (Å²) in [6.07, 6.45) is 13.0. The fourth-order valence-electron chi connectivity index (χ4n) is 4.45. The summed E-state index contributed by atoms with van der Waals surface area (Å²) < 4.78 is 25.8. The molecule has 2 aromatic rings. The van der Waals surface area contributed by atoms with Gasteiger partial charge in [-0.15, -0.1) is 0 Å². The van der Waals surface area contributed by atoms with E-state index in [0.29, 0.717) is 12.2 Å². The molecule has 1 aliphatic rings. The first-order valence-corrected chi connectivity index (χ1v) is 10.8. The molecular formula is C26H29F2N. The number of unbranched alkanes of at least 4 members (excludes halogenated alkanes) is 3. The summed E-state index contributed by atoms with van der Waals surface area (Å²) >= 11 is 0. The van der Waals surface area contributed by atoms with E-state index in [1.165, 1.54) is 62.6 Å². The Morgan fingerprint density at radius 3 is 2.31 bits per heavy atom. The summed E-state index contributed by atoms with van der Waals surface area (Å²) in [5.41, 5.74) is 3.24. The van der Waals surface area contributed by atoms with Crippen molar-refractivity contribution >= 4 is 0 Å². The summed E-state index contributed by atoms with van der Waals surface area (Å²) in [4.78, 5) is 0. The number of nitrogens with zero attached hydrogens (tertiary/aromatic N) is 1. The molecule has 3 heteroatoms. The average Bonchev–Trinajstić information content (AvgIpc) is 2.77. The molecule has 0 aromatic heterocycles. The zero-order valence-electron chi connectivity index (χ0n) is 16.9. The van der Waals surface area contributed by atoms with Crippen LogP contribution in [0.25, 0.3) is 11.1 Å². The van der Waals surface area contributed by atoms with Gasteiger partial charge in [0.1, 0.15) is 11.9 Å². The van der Waals surface area contributed by atoms with Crippen molar-refractivity contribution in [2.24, 2.45) is 5.92 Å². The molecular weight excluding hydrogens is 364 g/mol. The predicted octanol–water partition coefficient (Wildman–Crippen LogP) is 8.07. The Labute approximate surface area is 173 Å². The molecule has 0 heterocycles. The van der Waals surface area contributed by atoms with Crippen molar-refractivity contribution < 1.29 is 8.78 Å². The molecule has 0 aliphatic heterocycles. The molecule has 1 nitrogen and oxygen atoms in total. The SMILES string of the molecule is N#Cc1ccc(-c2ccc(C3CCC(CCCCC/C=C/F)CC3)cc2)cc1F. The summed E-state index contributed by atoms with van der Waals surface area (Å²) in [5, 5.41) is 8.87. The standard InChI is InChI=1S/C26H29F2N/c27-17-5-3-1-2-4-6-20-7-9-21(10-8-20)22-11-13-23(14-12-22)24-15-16-25(19-29)26(28)18-24/h5,11-18,20-21H,1-4,6-10H2/b17-5+. The zero-order chi connectivity index (χ0) is 20.5. The van der Waals surface area contributed by atoms with Gasteiger partial charge in [-0.2, -0.15) is 5.26 Å². The lowest BCUT2D eigenvalue weighted by atomic mass is 9.77. The van der Waals surface area contributed by atoms with Crippen molar-refractivity contribution in [3.05, 3.63) is 71.8 Å². The van der Waals surface area contributed by atoms with Crippen LogP contribution in [-0.4, -0.2) is 0 Å². The Balaban J connectivity index is 1.48. The summed E-state index contributed by atoms with van der Waals surface area (Å²) in [5.74, 6) is 0.989. The lowest BCUT2D eigenvalue weighted by Crippen LogP contribution is -2.13. The largest absolute Gasteiger partial charge is 0.216 e. The van der Waals surface area contributed by atoms with Crippen LogP contribution in [0.5, 0.6) is 0 Å². The number of rotatable bonds is 8. The van der Waals surface area contributed by atoms with Crippen LogP contribution < -0.4 is 0 Å². The van der Waals surface area contributed by atoms with Gasteiger partial charge in [0.25, 0.3) is 0 Å². The first-order valence-electron chi connectivity index (χ1n) is 10.8. The molecule has 3 rings (SSSR count). The van der Waals surface area contributed by atoms with Gasteiger partial charge in [0.05, 0.1) is 11.9 Å². The molecule has 29 heavy (non-hydrogen) atoms. The Hall–Kier alpha value is -2.47. The Morgan fingerprint density at radius 2 is 1.66 bits per heavy atom. The van der Waals surface area contributed by atoms with Crippen molar-refractivity contribution in [3.63, 3.8) is 0 Å². The molecule has 1 aliphatic carbocycles. The minimum Gasteiger partial charge on any atom is -0.216 e. The van der Waals surface area contributed by atoms with Gasteiger partial charge in [0.15, 0.2) is 0 Å². The second-order valence-electron chi connectivity index (χ2n) is 8.15. The highest BCUT2D eigenvalue weighted by Crippen LogP contribution is 2.38. The minimum absolute atomic E-state index is 0.0822. The maximum Gasteiger partial charge on any atom is 0.141 e. The molecule has 0 saturated heterocycles. The van der Waals surface area contributed by atoms with Gasteiger partial charge in [-0.05, 0) is 79.2 Å². The third kappa shape index (κ3) is 6.00. The lowest BCUT2D eigenvalue weighted by molar-refractivity contribution is 0.302. The van der Waals surface area contributed by atoms with E-state index in [4.69, 9.17) is 5.26 Å². The topological polar surface area (TPSA) is 23.8 Å². The van der Waals surface area contributed by atoms with Gasteiger partial charge >= 0.3 is 0 Å². The van der Waals surface area contributed by atoms with Crippen molar-refractivity contribution in [1.29, 1.82) is 5.26 Å². The molecule has 2 aromatic carbocycles. The van der Waals surface area contributed by atoms with E-state index in [2.05, 4.69) is 24.3 Å². The Morgan fingerprint density at radius 1 is 0.931 bits per heavy atom. The highest BCUT2D eigenvalue weighted by Gasteiger charge is 2.22. The number of hydrogen-bond donors (Lipinski definition) is 0. The van der Waals surface area contributed by atoms with E-state index in [1.54, 1.807) is 12.1 Å². The van der Waals surface area contributed by atoms with Gasteiger partial charge in [0, 0.05) is 0 Å². The molecule has 0 radical (unpaired) electrons. The van der Waals surface area contributed by atoms with Crippen molar-refractivity contribution in [2.45, 2.75) is 63.7 Å². The van der Waals surface area contributed by atoms with Crippen LogP contribution in [0, 0.1) is 23.1 Å². The molecule has 0 bridgehead atoms. The maximum atomic E-state index is 13.9. The molecule has 152 valence electrons. The van der Waals surface area contributed by atoms with E-state index >= 15 is 0 Å². The van der Waals surface area contributed by atoms with E-state index < -0.39 is 5.82 Å². The predicted molar refractivity (Wildman–Crippen MR) is 115 cm³/mol. The second kappa shape index (κ2) is 10.9. The van der Waals surface area contributed by atoms with Gasteiger partial charge in [-0.25, -0.2) is 8.78 Å². The fourth-order valence-corrected chi connectivity index (χ4v) is 4.45. The fraction of sp³-hybridized carbons (Fsp3) is 0.423. The second-order valence-corrected chi connectivity index (χ2v) is 8.15. The summed E-state index contributed by atoms with van der Waals surface area (Å²) in [7, 11) is 0. The molecule has 1 saturated carbocycles. The molecule has 0 spiro atoms. The third-order valence-corrected chi connectivity index (χ3v) is 6.22. The van der Waals surface area contributed by atoms with Gasteiger partial charge in [-0.3, -0.25) is 0 Å². The van der Waals surface area contributed by atoms with Crippen LogP contribution in [0.4, 0.5) is 8.78 Å². The monoisotopic (exact) mass is 393 g/mol. The Bertz CT molecular complexity index is 840. The molecule has 0 atom stereocenters. The van der Waals surface area contributed by atoms with Crippen molar-refractivity contribution in [3.8, 4) is 17.2 Å². The van der Waals surface area contributed by atoms with Crippen LogP contribution in [-0.2, 0) is 0 Å². The average molecular weight is 394 g/mol. The Kier molecular flexibility index (Phi) is 7.99. The quantitative estimate of drug-likeness (QED) is 0.416. The van der Waals surface area contributed by atoms with E-state index in [9.17, 15) is 8.78 Å². The van der Waals surface area contributed by atoms with E-state index in [0.717, 1.165) is 29.9 Å². The molecule has 1 fully saturated rings. The van der Waals surface area contributed by atoms with E-state index in [-0.39, 0.29) is 5.56 Å². The third-order valence-electron chi connectivity index (χ3n) is 6.22. The number of hydrogen-bond acceptors (Lipinski definition) is 1. The van der Waals surface area contributed by atoms with Crippen LogP contribution in [0.3, 0.4) is 0 Å². The van der Waals surface area contributed by atoms with Crippen molar-refractivity contribution in [2.75, 3.05) is 0 Å². The van der Waals surface area contributed by atoms with Crippen molar-refractivity contribution in [1.82, 2.24) is 0 Å². The maximum absolute atomic E-state index is 13.9. The highest BCUT2D eigenvalue weighted by atomic mass is 19.1. The summed E-state index contributed by atoms with van der Waals surface area (Å²) in [6, 6.07) is 15.1. The summed E-state index contributed by atoms with van der Waals surface area (Å²) in [6.45, 7) is 0. The van der Waals surface area contributed by atoms with Crippen LogP contribution in [0.2, 0.25) is 0 Å². The highest BCUT2D eigenvalue weighted by molar-refractivity contribution is 5.64. The first kappa shape index (κ1) is 21.2. The normalized spacial score (nSPS) is 19.3. The first-order chi connectivity index (χ1) is 14.2. The van der Waals surface area contributed by atoms with Crippen LogP contribution in [0.1, 0.15) is 74.8 Å². The van der Waals surface area contributed by atoms with E-state index in [1.807, 2.05) is 6.07 Å². The number of allylic oxidation sites excluding steroid dienone is 1. The van der Waals surface area contributed by atoms with Gasteiger partial charge < -0.3 is 0 Å². The minimum atomic E-state index is -0.466. The molecule has 0 unspecified atom stereocenters. The van der Waals surface area contributed by atoms with Gasteiger partial charge in [0.2, 0.25) is 0 Å². The lowest BCUT2D eigenvalue weighted by Gasteiger charge is -2.29. The smallest absolute Gasteiger partial charge is 0.141 e.